The fourth-order valence-corrected chi connectivity index (χ4v) is 1.02. The zero-order chi connectivity index (χ0) is 9.68. The van der Waals surface area contributed by atoms with Crippen LogP contribution in [0.2, 0.25) is 5.02 Å². The highest BCUT2D eigenvalue weighted by atomic mass is 35.5. The Morgan fingerprint density at radius 2 is 2.23 bits per heavy atom. The number of aromatic hydroxyl groups is 1. The SMILES string of the molecule is NCCC#Cc1cccc(O)c1Cl. The minimum absolute atomic E-state index is 0.0567. The second-order valence-corrected chi connectivity index (χ2v) is 2.86. The van der Waals surface area contributed by atoms with Gasteiger partial charge in [-0.15, -0.1) is 0 Å². The summed E-state index contributed by atoms with van der Waals surface area (Å²) >= 11 is 5.79. The number of hydrogen-bond acceptors (Lipinski definition) is 2. The maximum absolute atomic E-state index is 9.23. The molecule has 0 aliphatic heterocycles. The Balaban J connectivity index is 2.91. The number of nitrogens with two attached hydrogens (primary N) is 1. The first-order valence-electron chi connectivity index (χ1n) is 3.92. The Labute approximate surface area is 82.3 Å². The van der Waals surface area contributed by atoms with Crippen molar-refractivity contribution in [1.29, 1.82) is 0 Å². The molecule has 3 N–H and O–H groups in total. The van der Waals surface area contributed by atoms with Gasteiger partial charge in [0.05, 0.1) is 5.02 Å². The molecule has 13 heavy (non-hydrogen) atoms. The minimum Gasteiger partial charge on any atom is -0.506 e. The van der Waals surface area contributed by atoms with Crippen molar-refractivity contribution in [2.24, 2.45) is 5.73 Å². The van der Waals surface area contributed by atoms with Gasteiger partial charge in [-0.3, -0.25) is 0 Å². The Morgan fingerprint density at radius 1 is 1.46 bits per heavy atom. The lowest BCUT2D eigenvalue weighted by Crippen LogP contribution is -1.95. The smallest absolute Gasteiger partial charge is 0.135 e. The lowest BCUT2D eigenvalue weighted by atomic mass is 10.2. The van der Waals surface area contributed by atoms with Gasteiger partial charge in [0, 0.05) is 18.5 Å². The Kier molecular flexibility index (Phi) is 3.63. The molecule has 0 spiro atoms. The van der Waals surface area contributed by atoms with Gasteiger partial charge in [-0.1, -0.05) is 29.5 Å². The first-order chi connectivity index (χ1) is 6.25. The van der Waals surface area contributed by atoms with Crippen LogP contribution in [0.15, 0.2) is 18.2 Å². The van der Waals surface area contributed by atoms with Crippen LogP contribution >= 0.6 is 11.6 Å². The van der Waals surface area contributed by atoms with Crippen LogP contribution in [0.3, 0.4) is 0 Å². The molecule has 0 amide bonds. The summed E-state index contributed by atoms with van der Waals surface area (Å²) in [5, 5.41) is 9.53. The normalized spacial score (nSPS) is 9.08. The molecule has 0 saturated carbocycles. The van der Waals surface area contributed by atoms with Crippen LogP contribution in [0.5, 0.6) is 5.75 Å². The monoisotopic (exact) mass is 195 g/mol. The van der Waals surface area contributed by atoms with Crippen LogP contribution in [-0.2, 0) is 0 Å². The van der Waals surface area contributed by atoms with Gasteiger partial charge in [-0.25, -0.2) is 0 Å². The van der Waals surface area contributed by atoms with Gasteiger partial charge in [-0.05, 0) is 12.1 Å². The Hall–Kier alpha value is -1.17. The van der Waals surface area contributed by atoms with Crippen molar-refractivity contribution in [3.8, 4) is 17.6 Å². The number of benzene rings is 1. The standard InChI is InChI=1S/C10H10ClNO/c11-10-8(4-1-2-7-12)5-3-6-9(10)13/h3,5-6,13H,2,7,12H2. The van der Waals surface area contributed by atoms with Gasteiger partial charge in [0.1, 0.15) is 5.75 Å². The van der Waals surface area contributed by atoms with Crippen molar-refractivity contribution in [3.63, 3.8) is 0 Å². The number of phenolic OH excluding ortho intramolecular Hbond substituents is 1. The molecule has 0 aromatic heterocycles. The van der Waals surface area contributed by atoms with Gasteiger partial charge < -0.3 is 10.8 Å². The van der Waals surface area contributed by atoms with Crippen molar-refractivity contribution in [1.82, 2.24) is 0 Å². The summed E-state index contributed by atoms with van der Waals surface area (Å²) in [4.78, 5) is 0. The third-order valence-electron chi connectivity index (χ3n) is 1.47. The van der Waals surface area contributed by atoms with Gasteiger partial charge >= 0.3 is 0 Å². The predicted molar refractivity (Wildman–Crippen MR) is 53.7 cm³/mol. The van der Waals surface area contributed by atoms with E-state index in [0.717, 1.165) is 0 Å². The number of hydrogen-bond donors (Lipinski definition) is 2. The van der Waals surface area contributed by atoms with Crippen molar-refractivity contribution < 1.29 is 5.11 Å². The fraction of sp³-hybridized carbons (Fsp3) is 0.200. The first-order valence-corrected chi connectivity index (χ1v) is 4.30. The molecule has 0 aliphatic rings. The summed E-state index contributed by atoms with van der Waals surface area (Å²) in [6.07, 6.45) is 0.631. The van der Waals surface area contributed by atoms with Gasteiger partial charge in [0.25, 0.3) is 0 Å². The molecule has 0 aliphatic carbocycles. The molecule has 3 heteroatoms. The molecule has 1 aromatic carbocycles. The third-order valence-corrected chi connectivity index (χ3v) is 1.87. The zero-order valence-electron chi connectivity index (χ0n) is 7.05. The molecule has 0 unspecified atom stereocenters. The molecule has 0 radical (unpaired) electrons. The van der Waals surface area contributed by atoms with E-state index in [1.165, 1.54) is 6.07 Å². The number of rotatable bonds is 1. The first kappa shape index (κ1) is 9.91. The average Bonchev–Trinajstić information content (AvgIpc) is 2.13. The van der Waals surface area contributed by atoms with E-state index in [0.29, 0.717) is 23.6 Å². The van der Waals surface area contributed by atoms with E-state index < -0.39 is 0 Å². The molecule has 2 nitrogen and oxygen atoms in total. The molecule has 0 fully saturated rings. The van der Waals surface area contributed by atoms with Gasteiger partial charge in [-0.2, -0.15) is 0 Å². The molecule has 0 heterocycles. The molecular weight excluding hydrogens is 186 g/mol. The van der Waals surface area contributed by atoms with Gasteiger partial charge in [0.15, 0.2) is 0 Å². The average molecular weight is 196 g/mol. The maximum atomic E-state index is 9.23. The molecular formula is C10H10ClNO. The number of halogens is 1. The van der Waals surface area contributed by atoms with Crippen LogP contribution < -0.4 is 5.73 Å². The van der Waals surface area contributed by atoms with Crippen LogP contribution in [-0.4, -0.2) is 11.7 Å². The quantitative estimate of drug-likeness (QED) is 0.671. The van der Waals surface area contributed by atoms with Gasteiger partial charge in [0.2, 0.25) is 0 Å². The van der Waals surface area contributed by atoms with E-state index in [1.807, 2.05) is 0 Å². The van der Waals surface area contributed by atoms with Crippen LogP contribution in [0, 0.1) is 11.8 Å². The maximum Gasteiger partial charge on any atom is 0.135 e. The molecule has 68 valence electrons. The summed E-state index contributed by atoms with van der Waals surface area (Å²) < 4.78 is 0. The van der Waals surface area contributed by atoms with Crippen molar-refractivity contribution in [2.75, 3.05) is 6.54 Å². The van der Waals surface area contributed by atoms with Crippen LogP contribution in [0.4, 0.5) is 0 Å². The summed E-state index contributed by atoms with van der Waals surface area (Å²) in [5.74, 6) is 5.74. The highest BCUT2D eigenvalue weighted by molar-refractivity contribution is 6.33. The lowest BCUT2D eigenvalue weighted by Gasteiger charge is -1.97. The second kappa shape index (κ2) is 4.76. The van der Waals surface area contributed by atoms with Crippen molar-refractivity contribution >= 4 is 11.6 Å². The highest BCUT2D eigenvalue weighted by Crippen LogP contribution is 2.25. The summed E-state index contributed by atoms with van der Waals surface area (Å²) in [6.45, 7) is 0.531. The number of phenols is 1. The van der Waals surface area contributed by atoms with Crippen molar-refractivity contribution in [3.05, 3.63) is 28.8 Å². The summed E-state index contributed by atoms with van der Waals surface area (Å²) in [7, 11) is 0. The Morgan fingerprint density at radius 3 is 2.92 bits per heavy atom. The molecule has 0 saturated heterocycles. The largest absolute Gasteiger partial charge is 0.506 e. The van der Waals surface area contributed by atoms with E-state index >= 15 is 0 Å². The highest BCUT2D eigenvalue weighted by Gasteiger charge is 2.00. The second-order valence-electron chi connectivity index (χ2n) is 2.48. The van der Waals surface area contributed by atoms with Crippen molar-refractivity contribution in [2.45, 2.75) is 6.42 Å². The van der Waals surface area contributed by atoms with E-state index in [2.05, 4.69) is 11.8 Å². The topological polar surface area (TPSA) is 46.2 Å². The lowest BCUT2D eigenvalue weighted by molar-refractivity contribution is 0.475. The minimum atomic E-state index is 0.0567. The van der Waals surface area contributed by atoms with E-state index in [1.54, 1.807) is 12.1 Å². The van der Waals surface area contributed by atoms with E-state index in [4.69, 9.17) is 17.3 Å². The molecule has 0 bridgehead atoms. The van der Waals surface area contributed by atoms with E-state index in [9.17, 15) is 5.11 Å². The Bertz CT molecular complexity index is 352. The molecule has 1 rings (SSSR count). The third kappa shape index (κ3) is 2.66. The zero-order valence-corrected chi connectivity index (χ0v) is 7.80. The van der Waals surface area contributed by atoms with E-state index in [-0.39, 0.29) is 5.75 Å². The van der Waals surface area contributed by atoms with Crippen LogP contribution in [0.25, 0.3) is 0 Å². The molecule has 1 aromatic rings. The van der Waals surface area contributed by atoms with Crippen LogP contribution in [0.1, 0.15) is 12.0 Å². The predicted octanol–water partition coefficient (Wildman–Crippen LogP) is 1.75. The fourth-order valence-electron chi connectivity index (χ4n) is 0.846. The summed E-state index contributed by atoms with van der Waals surface area (Å²) in [5.41, 5.74) is 5.91. The summed E-state index contributed by atoms with van der Waals surface area (Å²) in [6, 6.07) is 4.98. The molecule has 0 atom stereocenters.